The number of benzene rings is 1. The second kappa shape index (κ2) is 8.94. The van der Waals surface area contributed by atoms with Gasteiger partial charge in [0.15, 0.2) is 11.6 Å². The summed E-state index contributed by atoms with van der Waals surface area (Å²) in [5.41, 5.74) is 0.251. The number of halogens is 1. The number of urea groups is 1. The highest BCUT2D eigenvalue weighted by molar-refractivity contribution is 5.89. The van der Waals surface area contributed by atoms with Gasteiger partial charge in [0, 0.05) is 32.5 Å². The van der Waals surface area contributed by atoms with Crippen LogP contribution in [-0.4, -0.2) is 55.9 Å². The van der Waals surface area contributed by atoms with Crippen molar-refractivity contribution < 1.29 is 28.6 Å². The molecule has 0 heterocycles. The van der Waals surface area contributed by atoms with Crippen LogP contribution in [0, 0.1) is 11.7 Å². The van der Waals surface area contributed by atoms with Gasteiger partial charge in [0.25, 0.3) is 0 Å². The molecule has 128 valence electrons. The summed E-state index contributed by atoms with van der Waals surface area (Å²) in [6, 6.07) is 3.51. The van der Waals surface area contributed by atoms with Gasteiger partial charge < -0.3 is 24.8 Å². The SMILES string of the molecule is COCCOc1ccc(NC(=O)N(C)CC(C)C(=O)O)cc1F. The smallest absolute Gasteiger partial charge is 0.321 e. The van der Waals surface area contributed by atoms with Crippen molar-refractivity contribution >= 4 is 17.7 Å². The lowest BCUT2D eigenvalue weighted by Crippen LogP contribution is -2.36. The minimum absolute atomic E-state index is 0.0435. The summed E-state index contributed by atoms with van der Waals surface area (Å²) >= 11 is 0. The molecule has 0 saturated carbocycles. The second-order valence-electron chi connectivity index (χ2n) is 5.04. The first-order chi connectivity index (χ1) is 10.8. The van der Waals surface area contributed by atoms with Crippen molar-refractivity contribution in [1.29, 1.82) is 0 Å². The molecule has 0 bridgehead atoms. The number of carboxylic acids is 1. The minimum Gasteiger partial charge on any atom is -0.488 e. The number of aliphatic carboxylic acids is 1. The van der Waals surface area contributed by atoms with Crippen LogP contribution in [0.5, 0.6) is 5.75 Å². The molecule has 7 nitrogen and oxygen atoms in total. The quantitative estimate of drug-likeness (QED) is 0.713. The first kappa shape index (κ1) is 18.7. The summed E-state index contributed by atoms with van der Waals surface area (Å²) < 4.78 is 23.8. The van der Waals surface area contributed by atoms with Crippen LogP contribution in [0.15, 0.2) is 18.2 Å². The van der Waals surface area contributed by atoms with E-state index in [2.05, 4.69) is 5.32 Å². The topological polar surface area (TPSA) is 88.1 Å². The van der Waals surface area contributed by atoms with Crippen LogP contribution in [0.3, 0.4) is 0 Å². The molecule has 1 aromatic carbocycles. The maximum Gasteiger partial charge on any atom is 0.321 e. The highest BCUT2D eigenvalue weighted by atomic mass is 19.1. The predicted molar refractivity (Wildman–Crippen MR) is 82.2 cm³/mol. The van der Waals surface area contributed by atoms with E-state index in [9.17, 15) is 14.0 Å². The van der Waals surface area contributed by atoms with E-state index in [0.717, 1.165) is 6.07 Å². The van der Waals surface area contributed by atoms with Gasteiger partial charge in [-0.15, -0.1) is 0 Å². The Morgan fingerprint density at radius 1 is 1.39 bits per heavy atom. The zero-order chi connectivity index (χ0) is 17.4. The molecule has 0 spiro atoms. The molecule has 8 heteroatoms. The highest BCUT2D eigenvalue weighted by Gasteiger charge is 2.17. The standard InChI is InChI=1S/C15H21FN2O5/c1-10(14(19)20)9-18(2)15(21)17-11-4-5-13(12(16)8-11)23-7-6-22-3/h4-5,8,10H,6-7,9H2,1-3H3,(H,17,21)(H,19,20). The number of carbonyl (C=O) groups is 2. The molecule has 1 rings (SSSR count). The zero-order valence-corrected chi connectivity index (χ0v) is 13.3. The Morgan fingerprint density at radius 2 is 2.09 bits per heavy atom. The molecular formula is C15H21FN2O5. The Balaban J connectivity index is 2.61. The summed E-state index contributed by atoms with van der Waals surface area (Å²) in [4.78, 5) is 23.9. The van der Waals surface area contributed by atoms with Crippen molar-refractivity contribution in [3.63, 3.8) is 0 Å². The molecule has 0 saturated heterocycles. The third-order valence-electron chi connectivity index (χ3n) is 3.04. The van der Waals surface area contributed by atoms with E-state index in [1.54, 1.807) is 0 Å². The Kier molecular flexibility index (Phi) is 7.27. The van der Waals surface area contributed by atoms with Crippen LogP contribution in [0.25, 0.3) is 0 Å². The number of ether oxygens (including phenoxy) is 2. The van der Waals surface area contributed by atoms with Gasteiger partial charge >= 0.3 is 12.0 Å². The van der Waals surface area contributed by atoms with Gasteiger partial charge in [-0.3, -0.25) is 4.79 Å². The fourth-order valence-corrected chi connectivity index (χ4v) is 1.72. The summed E-state index contributed by atoms with van der Waals surface area (Å²) in [6.07, 6.45) is 0. The summed E-state index contributed by atoms with van der Waals surface area (Å²) in [7, 11) is 2.98. The normalized spacial score (nSPS) is 11.7. The minimum atomic E-state index is -0.992. The average molecular weight is 328 g/mol. The largest absolute Gasteiger partial charge is 0.488 e. The number of methoxy groups -OCH3 is 1. The van der Waals surface area contributed by atoms with Crippen LogP contribution in [-0.2, 0) is 9.53 Å². The van der Waals surface area contributed by atoms with Crippen LogP contribution in [0.2, 0.25) is 0 Å². The average Bonchev–Trinajstić information content (AvgIpc) is 2.49. The molecule has 1 atom stereocenters. The first-order valence-corrected chi connectivity index (χ1v) is 7.01. The Bertz CT molecular complexity index is 553. The van der Waals surface area contributed by atoms with Crippen molar-refractivity contribution in [2.24, 2.45) is 5.92 Å². The molecule has 0 fully saturated rings. The molecule has 0 aliphatic rings. The fraction of sp³-hybridized carbons (Fsp3) is 0.467. The zero-order valence-electron chi connectivity index (χ0n) is 13.3. The van der Waals surface area contributed by atoms with E-state index in [1.165, 1.54) is 38.1 Å². The lowest BCUT2D eigenvalue weighted by molar-refractivity contribution is -0.141. The Morgan fingerprint density at radius 3 is 2.65 bits per heavy atom. The lowest BCUT2D eigenvalue weighted by Gasteiger charge is -2.20. The maximum atomic E-state index is 13.8. The van der Waals surface area contributed by atoms with Crippen molar-refractivity contribution in [3.05, 3.63) is 24.0 Å². The molecule has 2 amide bonds. The number of hydrogen-bond donors (Lipinski definition) is 2. The molecular weight excluding hydrogens is 307 g/mol. The first-order valence-electron chi connectivity index (χ1n) is 7.01. The highest BCUT2D eigenvalue weighted by Crippen LogP contribution is 2.21. The van der Waals surface area contributed by atoms with Gasteiger partial charge in [-0.05, 0) is 12.1 Å². The number of rotatable bonds is 8. The third-order valence-corrected chi connectivity index (χ3v) is 3.04. The van der Waals surface area contributed by atoms with E-state index in [4.69, 9.17) is 14.6 Å². The van der Waals surface area contributed by atoms with Gasteiger partial charge in [-0.25, -0.2) is 9.18 Å². The van der Waals surface area contributed by atoms with Crippen molar-refractivity contribution in [3.8, 4) is 5.75 Å². The van der Waals surface area contributed by atoms with E-state index >= 15 is 0 Å². The Hall–Kier alpha value is -2.35. The van der Waals surface area contributed by atoms with E-state index in [-0.39, 0.29) is 24.6 Å². The van der Waals surface area contributed by atoms with E-state index in [0.29, 0.717) is 6.61 Å². The van der Waals surface area contributed by atoms with Crippen molar-refractivity contribution in [2.75, 3.05) is 39.2 Å². The number of amides is 2. The summed E-state index contributed by atoms with van der Waals surface area (Å²) in [6.45, 7) is 2.10. The van der Waals surface area contributed by atoms with Crippen LogP contribution >= 0.6 is 0 Å². The second-order valence-corrected chi connectivity index (χ2v) is 5.04. The monoisotopic (exact) mass is 328 g/mol. The number of nitrogens with one attached hydrogen (secondary N) is 1. The van der Waals surface area contributed by atoms with Crippen molar-refractivity contribution in [2.45, 2.75) is 6.92 Å². The fourth-order valence-electron chi connectivity index (χ4n) is 1.72. The summed E-state index contributed by atoms with van der Waals surface area (Å²) in [5.74, 6) is -2.24. The summed E-state index contributed by atoms with van der Waals surface area (Å²) in [5, 5.41) is 11.3. The van der Waals surface area contributed by atoms with Gasteiger partial charge in [0.1, 0.15) is 6.61 Å². The number of hydrogen-bond acceptors (Lipinski definition) is 4. The third kappa shape index (κ3) is 6.11. The lowest BCUT2D eigenvalue weighted by atomic mass is 10.2. The molecule has 2 N–H and O–H groups in total. The van der Waals surface area contributed by atoms with E-state index < -0.39 is 23.7 Å². The molecule has 0 aliphatic carbocycles. The molecule has 1 unspecified atom stereocenters. The van der Waals surface area contributed by atoms with E-state index in [1.807, 2.05) is 0 Å². The van der Waals surface area contributed by atoms with Crippen LogP contribution in [0.4, 0.5) is 14.9 Å². The predicted octanol–water partition coefficient (Wildman–Crippen LogP) is 2.04. The number of carbonyl (C=O) groups excluding carboxylic acids is 1. The van der Waals surface area contributed by atoms with Gasteiger partial charge in [0.05, 0.1) is 12.5 Å². The molecule has 1 aromatic rings. The Labute approximate surface area is 134 Å². The van der Waals surface area contributed by atoms with Crippen molar-refractivity contribution in [1.82, 2.24) is 4.90 Å². The molecule has 0 aliphatic heterocycles. The number of nitrogens with zero attached hydrogens (tertiary/aromatic N) is 1. The van der Waals surface area contributed by atoms with Gasteiger partial charge in [0.2, 0.25) is 0 Å². The number of carboxylic acid groups (broad SMARTS) is 1. The number of anilines is 1. The molecule has 23 heavy (non-hydrogen) atoms. The van der Waals surface area contributed by atoms with Gasteiger partial charge in [-0.1, -0.05) is 6.92 Å². The molecule has 0 aromatic heterocycles. The van der Waals surface area contributed by atoms with Crippen LogP contribution < -0.4 is 10.1 Å². The van der Waals surface area contributed by atoms with Gasteiger partial charge in [-0.2, -0.15) is 0 Å². The van der Waals surface area contributed by atoms with Crippen LogP contribution in [0.1, 0.15) is 6.92 Å². The maximum absolute atomic E-state index is 13.8. The molecule has 0 radical (unpaired) electrons.